The van der Waals surface area contributed by atoms with Crippen LogP contribution < -0.4 is 9.88 Å². The highest BCUT2D eigenvalue weighted by atomic mass is 32.2. The molecule has 0 aliphatic heterocycles. The molecule has 1 rings (SSSR count). The molecule has 2 N–H and O–H groups in total. The number of hydrogen-bond donors (Lipinski definition) is 1. The smallest absolute Gasteiger partial charge is 0.306 e. The zero-order chi connectivity index (χ0) is 23.2. The number of unbranched alkanes of at least 4 members (excludes halogenated alkanes) is 10. The van der Waals surface area contributed by atoms with Crippen molar-refractivity contribution in [3.05, 3.63) is 24.3 Å². The van der Waals surface area contributed by atoms with Crippen molar-refractivity contribution in [2.24, 2.45) is 5.14 Å². The Morgan fingerprint density at radius 3 is 1.71 bits per heavy atom. The first kappa shape index (κ1) is 27.4. The molecule has 0 radical (unpaired) electrons. The fourth-order valence-corrected chi connectivity index (χ4v) is 3.79. The summed E-state index contributed by atoms with van der Waals surface area (Å²) in [6.07, 6.45) is 13.4. The Bertz CT molecular complexity index is 723. The number of sulfonamides is 1. The van der Waals surface area contributed by atoms with Crippen LogP contribution in [0, 0.1) is 0 Å². The maximum atomic E-state index is 11.6. The standard InChI is InChI=1S/C24H41NO5S/c1-24(2,3)30-23(26)15-13-11-9-7-5-4-6-8-10-12-14-20-29-21-16-18-22(19-17-21)31(25,27)28/h16-19H,4-15,20H2,1-3H3,(H2,25,27,28). The highest BCUT2D eigenvalue weighted by molar-refractivity contribution is 7.89. The number of primary sulfonamides is 1. The lowest BCUT2D eigenvalue weighted by Gasteiger charge is -2.19. The summed E-state index contributed by atoms with van der Waals surface area (Å²) in [6.45, 7) is 6.34. The molecule has 1 aromatic carbocycles. The Morgan fingerprint density at radius 2 is 1.26 bits per heavy atom. The van der Waals surface area contributed by atoms with Gasteiger partial charge in [0.05, 0.1) is 11.5 Å². The van der Waals surface area contributed by atoms with Gasteiger partial charge in [-0.15, -0.1) is 0 Å². The van der Waals surface area contributed by atoms with Gasteiger partial charge in [-0.3, -0.25) is 4.79 Å². The van der Waals surface area contributed by atoms with Gasteiger partial charge in [0.25, 0.3) is 0 Å². The topological polar surface area (TPSA) is 95.7 Å². The van der Waals surface area contributed by atoms with Crippen LogP contribution in [0.1, 0.15) is 97.8 Å². The molecular formula is C24H41NO5S. The molecule has 178 valence electrons. The molecule has 7 heteroatoms. The van der Waals surface area contributed by atoms with Crippen LogP contribution >= 0.6 is 0 Å². The van der Waals surface area contributed by atoms with Gasteiger partial charge in [0.2, 0.25) is 10.0 Å². The summed E-state index contributed by atoms with van der Waals surface area (Å²) in [7, 11) is -3.65. The van der Waals surface area contributed by atoms with Crippen LogP contribution in [0.3, 0.4) is 0 Å². The minimum absolute atomic E-state index is 0.0853. The summed E-state index contributed by atoms with van der Waals surface area (Å²) in [4.78, 5) is 11.7. The summed E-state index contributed by atoms with van der Waals surface area (Å²) in [6, 6.07) is 6.20. The van der Waals surface area contributed by atoms with E-state index in [0.717, 1.165) is 25.7 Å². The van der Waals surface area contributed by atoms with Crippen LogP contribution in [0.25, 0.3) is 0 Å². The molecular weight excluding hydrogens is 414 g/mol. The van der Waals surface area contributed by atoms with Crippen LogP contribution in [0.4, 0.5) is 0 Å². The number of hydrogen-bond acceptors (Lipinski definition) is 5. The molecule has 0 bridgehead atoms. The van der Waals surface area contributed by atoms with Gasteiger partial charge >= 0.3 is 5.97 Å². The van der Waals surface area contributed by atoms with E-state index in [1.807, 2.05) is 20.8 Å². The Hall–Kier alpha value is -1.60. The maximum Gasteiger partial charge on any atom is 0.306 e. The van der Waals surface area contributed by atoms with Crippen molar-refractivity contribution in [1.82, 2.24) is 0 Å². The number of ether oxygens (including phenoxy) is 2. The number of carbonyl (C=O) groups excluding carboxylic acids is 1. The van der Waals surface area contributed by atoms with Crippen molar-refractivity contribution in [1.29, 1.82) is 0 Å². The van der Waals surface area contributed by atoms with E-state index in [-0.39, 0.29) is 16.5 Å². The van der Waals surface area contributed by atoms with E-state index in [4.69, 9.17) is 14.6 Å². The molecule has 0 aliphatic rings. The summed E-state index contributed by atoms with van der Waals surface area (Å²) >= 11 is 0. The fraction of sp³-hybridized carbons (Fsp3) is 0.708. The maximum absolute atomic E-state index is 11.6. The fourth-order valence-electron chi connectivity index (χ4n) is 3.27. The molecule has 31 heavy (non-hydrogen) atoms. The Labute approximate surface area is 188 Å². The van der Waals surface area contributed by atoms with Crippen LogP contribution in [-0.4, -0.2) is 26.6 Å². The van der Waals surface area contributed by atoms with E-state index in [2.05, 4.69) is 0 Å². The van der Waals surface area contributed by atoms with Crippen LogP contribution in [0.2, 0.25) is 0 Å². The number of benzene rings is 1. The zero-order valence-electron chi connectivity index (χ0n) is 19.5. The van der Waals surface area contributed by atoms with Crippen molar-refractivity contribution < 1.29 is 22.7 Å². The highest BCUT2D eigenvalue weighted by Crippen LogP contribution is 2.16. The Balaban J connectivity index is 1.88. The van der Waals surface area contributed by atoms with Crippen molar-refractivity contribution in [3.63, 3.8) is 0 Å². The van der Waals surface area contributed by atoms with E-state index >= 15 is 0 Å². The molecule has 0 aliphatic carbocycles. The third-order valence-electron chi connectivity index (χ3n) is 4.87. The third-order valence-corrected chi connectivity index (χ3v) is 5.80. The third kappa shape index (κ3) is 14.9. The molecule has 0 heterocycles. The first-order valence-corrected chi connectivity index (χ1v) is 13.1. The SMILES string of the molecule is CC(C)(C)OC(=O)CCCCCCCCCCCCCOc1ccc(S(N)(=O)=O)cc1. The lowest BCUT2D eigenvalue weighted by molar-refractivity contribution is -0.154. The van der Waals surface area contributed by atoms with E-state index in [1.165, 1.54) is 57.1 Å². The summed E-state index contributed by atoms with van der Waals surface area (Å²) < 4.78 is 33.4. The van der Waals surface area contributed by atoms with Gasteiger partial charge in [0.15, 0.2) is 0 Å². The second-order valence-corrected chi connectivity index (χ2v) is 10.7. The Kier molecular flexibility index (Phi) is 12.8. The van der Waals surface area contributed by atoms with Gasteiger partial charge in [-0.1, -0.05) is 57.8 Å². The summed E-state index contributed by atoms with van der Waals surface area (Å²) in [5.41, 5.74) is -0.381. The number of esters is 1. The first-order valence-electron chi connectivity index (χ1n) is 11.6. The Morgan fingerprint density at radius 1 is 0.806 bits per heavy atom. The molecule has 1 aromatic rings. The minimum Gasteiger partial charge on any atom is -0.494 e. The number of rotatable bonds is 16. The molecule has 0 saturated heterocycles. The number of nitrogens with two attached hydrogens (primary N) is 1. The van der Waals surface area contributed by atoms with Crippen molar-refractivity contribution in [2.75, 3.05) is 6.61 Å². The van der Waals surface area contributed by atoms with Crippen LogP contribution in [0.5, 0.6) is 5.75 Å². The second-order valence-electron chi connectivity index (χ2n) is 9.09. The van der Waals surface area contributed by atoms with Gasteiger partial charge in [0.1, 0.15) is 11.4 Å². The monoisotopic (exact) mass is 455 g/mol. The van der Waals surface area contributed by atoms with Crippen LogP contribution in [0.15, 0.2) is 29.2 Å². The molecule has 0 aromatic heterocycles. The predicted molar refractivity (Wildman–Crippen MR) is 125 cm³/mol. The normalized spacial score (nSPS) is 12.0. The van der Waals surface area contributed by atoms with E-state index < -0.39 is 10.0 Å². The molecule has 0 atom stereocenters. The van der Waals surface area contributed by atoms with Gasteiger partial charge < -0.3 is 9.47 Å². The van der Waals surface area contributed by atoms with Gasteiger partial charge in [-0.25, -0.2) is 13.6 Å². The van der Waals surface area contributed by atoms with E-state index in [1.54, 1.807) is 12.1 Å². The molecule has 0 unspecified atom stereocenters. The zero-order valence-corrected chi connectivity index (χ0v) is 20.3. The van der Waals surface area contributed by atoms with Gasteiger partial charge in [-0.05, 0) is 57.9 Å². The highest BCUT2D eigenvalue weighted by Gasteiger charge is 2.15. The molecule has 6 nitrogen and oxygen atoms in total. The lowest BCUT2D eigenvalue weighted by atomic mass is 10.1. The molecule has 0 spiro atoms. The van der Waals surface area contributed by atoms with E-state index in [0.29, 0.717) is 18.8 Å². The summed E-state index contributed by atoms with van der Waals surface area (Å²) in [5.74, 6) is 0.580. The van der Waals surface area contributed by atoms with Gasteiger partial charge in [-0.2, -0.15) is 0 Å². The lowest BCUT2D eigenvalue weighted by Crippen LogP contribution is -2.23. The van der Waals surface area contributed by atoms with Crippen LogP contribution in [-0.2, 0) is 19.6 Å². The first-order chi connectivity index (χ1) is 14.6. The average molecular weight is 456 g/mol. The van der Waals surface area contributed by atoms with Gasteiger partial charge in [0, 0.05) is 6.42 Å². The second kappa shape index (κ2) is 14.5. The van der Waals surface area contributed by atoms with E-state index in [9.17, 15) is 13.2 Å². The molecule has 0 amide bonds. The van der Waals surface area contributed by atoms with Crippen molar-refractivity contribution in [3.8, 4) is 5.75 Å². The molecule has 0 fully saturated rings. The quantitative estimate of drug-likeness (QED) is 0.253. The largest absolute Gasteiger partial charge is 0.494 e. The average Bonchev–Trinajstić information content (AvgIpc) is 2.66. The summed E-state index contributed by atoms with van der Waals surface area (Å²) in [5, 5.41) is 5.08. The molecule has 0 saturated carbocycles. The predicted octanol–water partition coefficient (Wildman–Crippen LogP) is 5.74. The van der Waals surface area contributed by atoms with Crippen molar-refractivity contribution >= 4 is 16.0 Å². The minimum atomic E-state index is -3.65. The number of carbonyl (C=O) groups is 1. The van der Waals surface area contributed by atoms with Crippen molar-refractivity contribution in [2.45, 2.75) is 108 Å².